The number of rotatable bonds is 4. The van der Waals surface area contributed by atoms with E-state index in [0.29, 0.717) is 28.3 Å². The second kappa shape index (κ2) is 6.04. The van der Waals surface area contributed by atoms with E-state index in [1.54, 1.807) is 38.1 Å². The number of hydrogen-bond donors (Lipinski definition) is 2. The van der Waals surface area contributed by atoms with E-state index in [4.69, 9.17) is 9.63 Å². The van der Waals surface area contributed by atoms with Crippen molar-refractivity contribution in [2.24, 2.45) is 0 Å². The third-order valence-corrected chi connectivity index (χ3v) is 2.82. The van der Waals surface area contributed by atoms with Crippen LogP contribution in [0.1, 0.15) is 27.4 Å². The quantitative estimate of drug-likeness (QED) is 0.843. The second-order valence-electron chi connectivity index (χ2n) is 4.45. The van der Waals surface area contributed by atoms with E-state index < -0.39 is 5.97 Å². The molecule has 0 aliphatic rings. The second-order valence-corrected chi connectivity index (χ2v) is 4.45. The summed E-state index contributed by atoms with van der Waals surface area (Å²) in [4.78, 5) is 22.7. The summed E-state index contributed by atoms with van der Waals surface area (Å²) >= 11 is 0. The van der Waals surface area contributed by atoms with Gasteiger partial charge in [0.25, 0.3) is 5.91 Å². The molecule has 1 aromatic carbocycles. The molecule has 1 heterocycles. The lowest BCUT2D eigenvalue weighted by atomic mass is 10.1. The van der Waals surface area contributed by atoms with Gasteiger partial charge < -0.3 is 14.9 Å². The standard InChI is InChI=1S/C15H14N2O4/c1-9-14(10(2)21-17-9)15(20)16-12-5-3-4-11(8-12)6-7-13(18)19/h3-8H,1-2H3,(H,16,20)(H,18,19)/b7-6+. The van der Waals surface area contributed by atoms with Crippen LogP contribution < -0.4 is 5.32 Å². The minimum Gasteiger partial charge on any atom is -0.478 e. The van der Waals surface area contributed by atoms with Crippen molar-refractivity contribution in [1.29, 1.82) is 0 Å². The summed E-state index contributed by atoms with van der Waals surface area (Å²) < 4.78 is 4.96. The summed E-state index contributed by atoms with van der Waals surface area (Å²) in [6, 6.07) is 6.86. The highest BCUT2D eigenvalue weighted by Gasteiger charge is 2.17. The lowest BCUT2D eigenvalue weighted by Gasteiger charge is -2.05. The third-order valence-electron chi connectivity index (χ3n) is 2.82. The molecule has 0 unspecified atom stereocenters. The van der Waals surface area contributed by atoms with E-state index in [1.807, 2.05) is 0 Å². The minimum absolute atomic E-state index is 0.314. The first kappa shape index (κ1) is 14.5. The molecule has 2 N–H and O–H groups in total. The summed E-state index contributed by atoms with van der Waals surface area (Å²) in [6.07, 6.45) is 2.49. The van der Waals surface area contributed by atoms with Crippen LogP contribution >= 0.6 is 0 Å². The van der Waals surface area contributed by atoms with Crippen molar-refractivity contribution < 1.29 is 19.2 Å². The Kier molecular flexibility index (Phi) is 4.18. The Labute approximate surface area is 121 Å². The van der Waals surface area contributed by atoms with E-state index in [2.05, 4.69) is 10.5 Å². The zero-order valence-electron chi connectivity index (χ0n) is 11.6. The Bertz CT molecular complexity index is 697. The van der Waals surface area contributed by atoms with E-state index in [-0.39, 0.29) is 5.91 Å². The minimum atomic E-state index is -1.03. The van der Waals surface area contributed by atoms with Crippen LogP contribution in [-0.2, 0) is 4.79 Å². The molecular weight excluding hydrogens is 272 g/mol. The van der Waals surface area contributed by atoms with Gasteiger partial charge in [-0.2, -0.15) is 0 Å². The number of carboxylic acids is 1. The molecule has 0 radical (unpaired) electrons. The maximum absolute atomic E-state index is 12.2. The molecule has 0 spiro atoms. The number of anilines is 1. The number of aliphatic carboxylic acids is 1. The average Bonchev–Trinajstić information content (AvgIpc) is 2.76. The van der Waals surface area contributed by atoms with Gasteiger partial charge in [0.15, 0.2) is 0 Å². The molecule has 0 saturated carbocycles. The van der Waals surface area contributed by atoms with Crippen molar-refractivity contribution in [3.8, 4) is 0 Å². The van der Waals surface area contributed by atoms with Crippen molar-refractivity contribution in [3.05, 3.63) is 52.9 Å². The topological polar surface area (TPSA) is 92.4 Å². The number of amides is 1. The van der Waals surface area contributed by atoms with Crippen LogP contribution in [0.3, 0.4) is 0 Å². The van der Waals surface area contributed by atoms with Gasteiger partial charge in [-0.15, -0.1) is 0 Å². The molecule has 1 aromatic heterocycles. The van der Waals surface area contributed by atoms with Crippen LogP contribution in [-0.4, -0.2) is 22.1 Å². The van der Waals surface area contributed by atoms with E-state index >= 15 is 0 Å². The first-order chi connectivity index (χ1) is 9.97. The zero-order chi connectivity index (χ0) is 15.4. The molecular formula is C15H14N2O4. The summed E-state index contributed by atoms with van der Waals surface area (Å²) in [5.41, 5.74) is 2.16. The van der Waals surface area contributed by atoms with Gasteiger partial charge in [-0.25, -0.2) is 4.79 Å². The molecule has 6 heteroatoms. The SMILES string of the molecule is Cc1noc(C)c1C(=O)Nc1cccc(/C=C/C(=O)O)c1. The summed E-state index contributed by atoms with van der Waals surface area (Å²) in [7, 11) is 0. The van der Waals surface area contributed by atoms with Crippen molar-refractivity contribution >= 4 is 23.6 Å². The van der Waals surface area contributed by atoms with Gasteiger partial charge in [0.1, 0.15) is 11.3 Å². The molecule has 0 aliphatic carbocycles. The number of carboxylic acid groups (broad SMARTS) is 1. The molecule has 0 fully saturated rings. The summed E-state index contributed by atoms with van der Waals surface area (Å²) in [6.45, 7) is 3.36. The largest absolute Gasteiger partial charge is 0.478 e. The molecule has 2 rings (SSSR count). The molecule has 0 atom stereocenters. The summed E-state index contributed by atoms with van der Waals surface area (Å²) in [5.74, 6) is -0.891. The molecule has 0 bridgehead atoms. The van der Waals surface area contributed by atoms with Crippen LogP contribution in [0.4, 0.5) is 5.69 Å². The van der Waals surface area contributed by atoms with Gasteiger partial charge in [0.2, 0.25) is 0 Å². The molecule has 1 amide bonds. The van der Waals surface area contributed by atoms with Crippen LogP contribution in [0.15, 0.2) is 34.9 Å². The number of carbonyl (C=O) groups excluding carboxylic acids is 1. The first-order valence-electron chi connectivity index (χ1n) is 6.22. The van der Waals surface area contributed by atoms with Crippen LogP contribution in [0.25, 0.3) is 6.08 Å². The highest BCUT2D eigenvalue weighted by Crippen LogP contribution is 2.17. The van der Waals surface area contributed by atoms with Crippen molar-refractivity contribution in [1.82, 2.24) is 5.16 Å². The number of aromatic nitrogens is 1. The van der Waals surface area contributed by atoms with Gasteiger partial charge >= 0.3 is 5.97 Å². The van der Waals surface area contributed by atoms with Crippen molar-refractivity contribution in [2.75, 3.05) is 5.32 Å². The Balaban J connectivity index is 2.18. The lowest BCUT2D eigenvalue weighted by Crippen LogP contribution is -2.13. The monoisotopic (exact) mass is 286 g/mol. The van der Waals surface area contributed by atoms with Gasteiger partial charge in [-0.05, 0) is 37.6 Å². The predicted octanol–water partition coefficient (Wildman–Crippen LogP) is 2.64. The smallest absolute Gasteiger partial charge is 0.328 e. The van der Waals surface area contributed by atoms with E-state index in [9.17, 15) is 9.59 Å². The number of benzene rings is 1. The van der Waals surface area contributed by atoms with Gasteiger partial charge in [0.05, 0.1) is 5.69 Å². The maximum Gasteiger partial charge on any atom is 0.328 e. The van der Waals surface area contributed by atoms with Crippen molar-refractivity contribution in [2.45, 2.75) is 13.8 Å². The maximum atomic E-state index is 12.2. The number of carbonyl (C=O) groups is 2. The lowest BCUT2D eigenvalue weighted by molar-refractivity contribution is -0.131. The van der Waals surface area contributed by atoms with Crippen LogP contribution in [0.5, 0.6) is 0 Å². The Morgan fingerprint density at radius 3 is 2.71 bits per heavy atom. The Morgan fingerprint density at radius 2 is 2.10 bits per heavy atom. The molecule has 0 aliphatic heterocycles. The van der Waals surface area contributed by atoms with Gasteiger partial charge in [0, 0.05) is 11.8 Å². The number of nitrogens with zero attached hydrogens (tertiary/aromatic N) is 1. The Morgan fingerprint density at radius 1 is 1.33 bits per heavy atom. The molecule has 6 nitrogen and oxygen atoms in total. The molecule has 0 saturated heterocycles. The molecule has 2 aromatic rings. The fourth-order valence-electron chi connectivity index (χ4n) is 1.89. The predicted molar refractivity (Wildman–Crippen MR) is 77.0 cm³/mol. The fraction of sp³-hybridized carbons (Fsp3) is 0.133. The van der Waals surface area contributed by atoms with E-state index in [1.165, 1.54) is 6.08 Å². The highest BCUT2D eigenvalue weighted by molar-refractivity contribution is 6.05. The fourth-order valence-corrected chi connectivity index (χ4v) is 1.89. The van der Waals surface area contributed by atoms with E-state index in [0.717, 1.165) is 6.08 Å². The van der Waals surface area contributed by atoms with Gasteiger partial charge in [-0.3, -0.25) is 4.79 Å². The number of hydrogen-bond acceptors (Lipinski definition) is 4. The number of nitrogens with one attached hydrogen (secondary N) is 1. The molecule has 21 heavy (non-hydrogen) atoms. The van der Waals surface area contributed by atoms with Crippen molar-refractivity contribution in [3.63, 3.8) is 0 Å². The molecule has 108 valence electrons. The normalized spacial score (nSPS) is 10.8. The van der Waals surface area contributed by atoms with Gasteiger partial charge in [-0.1, -0.05) is 17.3 Å². The highest BCUT2D eigenvalue weighted by atomic mass is 16.5. The average molecular weight is 286 g/mol. The zero-order valence-corrected chi connectivity index (χ0v) is 11.6. The van der Waals surface area contributed by atoms with Crippen LogP contribution in [0, 0.1) is 13.8 Å². The number of aryl methyl sites for hydroxylation is 2. The third kappa shape index (κ3) is 3.56. The first-order valence-corrected chi connectivity index (χ1v) is 6.22. The van der Waals surface area contributed by atoms with Crippen LogP contribution in [0.2, 0.25) is 0 Å². The summed E-state index contributed by atoms with van der Waals surface area (Å²) in [5, 5.41) is 15.1. The Hall–Kier alpha value is -2.89.